The lowest BCUT2D eigenvalue weighted by Crippen LogP contribution is -2.49. The van der Waals surface area contributed by atoms with Gasteiger partial charge in [0, 0.05) is 30.6 Å². The molecule has 0 aromatic carbocycles. The summed E-state index contributed by atoms with van der Waals surface area (Å²) >= 11 is 1.71. The van der Waals surface area contributed by atoms with Gasteiger partial charge in [0.05, 0.1) is 5.25 Å². The van der Waals surface area contributed by atoms with E-state index >= 15 is 0 Å². The number of aryl methyl sites for hydroxylation is 1. The molecular weight excluding hydrogens is 318 g/mol. The smallest absolute Gasteiger partial charge is 0.222 e. The highest BCUT2D eigenvalue weighted by molar-refractivity contribution is 7.91. The molecule has 1 aliphatic rings. The SMILES string of the molecule is CN(C(=O)CCCc1cccs1)[C@H]1CCCC[C@@H]1S(C)(=O)=O. The quantitative estimate of drug-likeness (QED) is 0.798. The van der Waals surface area contributed by atoms with Crippen molar-refractivity contribution in [3.63, 3.8) is 0 Å². The third-order valence-corrected chi connectivity index (χ3v) is 7.09. The first-order valence-corrected chi connectivity index (χ1v) is 10.7. The molecular formula is C16H25NO3S2. The molecule has 0 aliphatic heterocycles. The lowest BCUT2D eigenvalue weighted by molar-refractivity contribution is -0.132. The van der Waals surface area contributed by atoms with Gasteiger partial charge in [-0.1, -0.05) is 18.9 Å². The number of nitrogens with zero attached hydrogens (tertiary/aromatic N) is 1. The fourth-order valence-corrected chi connectivity index (χ4v) is 5.49. The molecule has 1 aromatic heterocycles. The van der Waals surface area contributed by atoms with E-state index < -0.39 is 15.1 Å². The second-order valence-corrected chi connectivity index (χ2v) is 9.45. The Morgan fingerprint density at radius 1 is 1.36 bits per heavy atom. The standard InChI is InChI=1S/C16H25NO3S2/c1-17(14-9-3-4-10-15(14)22(2,19)20)16(18)11-5-7-13-8-6-12-21-13/h6,8,12,14-15H,3-5,7,9-11H2,1-2H3/t14-,15-/m0/s1. The third kappa shape index (κ3) is 4.56. The van der Waals surface area contributed by atoms with Crippen molar-refractivity contribution in [3.8, 4) is 0 Å². The van der Waals surface area contributed by atoms with Gasteiger partial charge in [-0.2, -0.15) is 0 Å². The highest BCUT2D eigenvalue weighted by atomic mass is 32.2. The van der Waals surface area contributed by atoms with Crippen LogP contribution in [0.1, 0.15) is 43.4 Å². The summed E-state index contributed by atoms with van der Waals surface area (Å²) in [6, 6.07) is 3.95. The van der Waals surface area contributed by atoms with Crippen LogP contribution in [0.25, 0.3) is 0 Å². The Morgan fingerprint density at radius 3 is 2.73 bits per heavy atom. The first-order chi connectivity index (χ1) is 10.4. The maximum Gasteiger partial charge on any atom is 0.222 e. The zero-order valence-electron chi connectivity index (χ0n) is 13.3. The van der Waals surface area contributed by atoms with Crippen LogP contribution in [-0.4, -0.2) is 43.8 Å². The third-order valence-electron chi connectivity index (χ3n) is 4.50. The zero-order valence-corrected chi connectivity index (χ0v) is 15.0. The first-order valence-electron chi connectivity index (χ1n) is 7.86. The molecule has 1 aromatic rings. The van der Waals surface area contributed by atoms with Crippen molar-refractivity contribution in [2.24, 2.45) is 0 Å². The number of hydrogen-bond acceptors (Lipinski definition) is 4. The van der Waals surface area contributed by atoms with Crippen molar-refractivity contribution in [1.29, 1.82) is 0 Å². The van der Waals surface area contributed by atoms with Crippen LogP contribution in [0.5, 0.6) is 0 Å². The largest absolute Gasteiger partial charge is 0.341 e. The summed E-state index contributed by atoms with van der Waals surface area (Å²) in [5.41, 5.74) is 0. The molecule has 22 heavy (non-hydrogen) atoms. The van der Waals surface area contributed by atoms with Crippen molar-refractivity contribution >= 4 is 27.1 Å². The Morgan fingerprint density at radius 2 is 2.09 bits per heavy atom. The Balaban J connectivity index is 1.90. The van der Waals surface area contributed by atoms with Crippen molar-refractivity contribution < 1.29 is 13.2 Å². The summed E-state index contributed by atoms with van der Waals surface area (Å²) in [6.45, 7) is 0. The van der Waals surface area contributed by atoms with E-state index in [9.17, 15) is 13.2 Å². The topological polar surface area (TPSA) is 54.5 Å². The van der Waals surface area contributed by atoms with E-state index in [1.807, 2.05) is 11.4 Å². The van der Waals surface area contributed by atoms with Crippen LogP contribution in [-0.2, 0) is 21.1 Å². The number of sulfone groups is 1. The molecule has 0 radical (unpaired) electrons. The Kier molecular flexibility index (Phi) is 6.03. The summed E-state index contributed by atoms with van der Waals surface area (Å²) in [5, 5.41) is 1.65. The van der Waals surface area contributed by atoms with E-state index in [1.165, 1.54) is 11.1 Å². The molecule has 1 saturated carbocycles. The van der Waals surface area contributed by atoms with Crippen molar-refractivity contribution in [1.82, 2.24) is 4.90 Å². The van der Waals surface area contributed by atoms with E-state index in [0.29, 0.717) is 12.8 Å². The first kappa shape index (κ1) is 17.5. The summed E-state index contributed by atoms with van der Waals surface area (Å²) < 4.78 is 23.9. The van der Waals surface area contributed by atoms with Gasteiger partial charge >= 0.3 is 0 Å². The summed E-state index contributed by atoms with van der Waals surface area (Å²) in [7, 11) is -1.34. The predicted molar refractivity (Wildman–Crippen MR) is 90.9 cm³/mol. The summed E-state index contributed by atoms with van der Waals surface area (Å²) in [4.78, 5) is 15.4. The second kappa shape index (κ2) is 7.59. The lowest BCUT2D eigenvalue weighted by atomic mass is 9.93. The highest BCUT2D eigenvalue weighted by Crippen LogP contribution is 2.28. The molecule has 2 rings (SSSR count). The molecule has 1 heterocycles. The molecule has 1 fully saturated rings. The van der Waals surface area contributed by atoms with Gasteiger partial charge in [0.25, 0.3) is 0 Å². The van der Waals surface area contributed by atoms with Gasteiger partial charge in [-0.05, 0) is 37.1 Å². The lowest BCUT2D eigenvalue weighted by Gasteiger charge is -2.37. The molecule has 124 valence electrons. The Hall–Kier alpha value is -0.880. The Labute approximate surface area is 137 Å². The normalized spacial score (nSPS) is 22.5. The fourth-order valence-electron chi connectivity index (χ4n) is 3.25. The molecule has 1 aliphatic carbocycles. The molecule has 1 amide bonds. The second-order valence-electron chi connectivity index (χ2n) is 6.16. The van der Waals surface area contributed by atoms with Gasteiger partial charge in [-0.15, -0.1) is 11.3 Å². The summed E-state index contributed by atoms with van der Waals surface area (Å²) in [6.07, 6.45) is 6.93. The molecule has 0 bridgehead atoms. The molecule has 0 N–H and O–H groups in total. The van der Waals surface area contributed by atoms with E-state index in [-0.39, 0.29) is 11.9 Å². The van der Waals surface area contributed by atoms with Gasteiger partial charge in [0.2, 0.25) is 5.91 Å². The van der Waals surface area contributed by atoms with Crippen LogP contribution in [0.3, 0.4) is 0 Å². The van der Waals surface area contributed by atoms with Crippen LogP contribution >= 0.6 is 11.3 Å². The van der Waals surface area contributed by atoms with E-state index in [2.05, 4.69) is 6.07 Å². The zero-order chi connectivity index (χ0) is 16.2. The van der Waals surface area contributed by atoms with Gasteiger partial charge in [-0.25, -0.2) is 8.42 Å². The number of rotatable bonds is 6. The van der Waals surface area contributed by atoms with Crippen LogP contribution in [0.4, 0.5) is 0 Å². The van der Waals surface area contributed by atoms with Crippen LogP contribution in [0, 0.1) is 0 Å². The average Bonchev–Trinajstić information content (AvgIpc) is 2.98. The monoisotopic (exact) mass is 343 g/mol. The number of thiophene rings is 1. The maximum atomic E-state index is 12.4. The van der Waals surface area contributed by atoms with Gasteiger partial charge in [-0.3, -0.25) is 4.79 Å². The number of amides is 1. The fraction of sp³-hybridized carbons (Fsp3) is 0.688. The van der Waals surface area contributed by atoms with E-state index in [1.54, 1.807) is 23.3 Å². The van der Waals surface area contributed by atoms with E-state index in [0.717, 1.165) is 32.1 Å². The predicted octanol–water partition coefficient (Wildman–Crippen LogP) is 2.89. The van der Waals surface area contributed by atoms with Gasteiger partial charge in [0.15, 0.2) is 9.84 Å². The minimum Gasteiger partial charge on any atom is -0.341 e. The van der Waals surface area contributed by atoms with Gasteiger partial charge in [0.1, 0.15) is 0 Å². The van der Waals surface area contributed by atoms with Crippen LogP contribution in [0.2, 0.25) is 0 Å². The summed E-state index contributed by atoms with van der Waals surface area (Å²) in [5.74, 6) is 0.0668. The minimum absolute atomic E-state index is 0.0668. The van der Waals surface area contributed by atoms with Crippen LogP contribution < -0.4 is 0 Å². The average molecular weight is 344 g/mol. The van der Waals surface area contributed by atoms with Crippen LogP contribution in [0.15, 0.2) is 17.5 Å². The minimum atomic E-state index is -3.10. The molecule has 4 nitrogen and oxygen atoms in total. The number of carbonyl (C=O) groups is 1. The number of hydrogen-bond donors (Lipinski definition) is 0. The maximum absolute atomic E-state index is 12.4. The number of carbonyl (C=O) groups excluding carboxylic acids is 1. The van der Waals surface area contributed by atoms with Crippen molar-refractivity contribution in [2.45, 2.75) is 56.2 Å². The van der Waals surface area contributed by atoms with Gasteiger partial charge < -0.3 is 4.90 Å². The van der Waals surface area contributed by atoms with E-state index in [4.69, 9.17) is 0 Å². The van der Waals surface area contributed by atoms with Crippen molar-refractivity contribution in [3.05, 3.63) is 22.4 Å². The molecule has 0 saturated heterocycles. The Bertz CT molecular complexity index is 581. The molecule has 2 atom stereocenters. The molecule has 0 unspecified atom stereocenters. The molecule has 0 spiro atoms. The molecule has 6 heteroatoms. The van der Waals surface area contributed by atoms with Crippen molar-refractivity contribution in [2.75, 3.05) is 13.3 Å². The highest BCUT2D eigenvalue weighted by Gasteiger charge is 2.36.